The maximum atomic E-state index is 12.6. The maximum absolute atomic E-state index is 12.6. The van der Waals surface area contributed by atoms with E-state index in [1.165, 1.54) is 6.07 Å². The molecule has 2 rings (SSSR count). The van der Waals surface area contributed by atoms with Crippen molar-refractivity contribution in [1.29, 1.82) is 0 Å². The summed E-state index contributed by atoms with van der Waals surface area (Å²) in [5.74, 6) is 0. The van der Waals surface area contributed by atoms with E-state index in [2.05, 4.69) is 22.8 Å². The van der Waals surface area contributed by atoms with E-state index in [1.54, 1.807) is 6.92 Å². The van der Waals surface area contributed by atoms with Crippen LogP contribution < -0.4 is 10.2 Å². The van der Waals surface area contributed by atoms with E-state index in [0.717, 1.165) is 37.4 Å². The predicted molar refractivity (Wildman–Crippen MR) is 76.3 cm³/mol. The highest BCUT2D eigenvalue weighted by molar-refractivity contribution is 7.80. The predicted octanol–water partition coefficient (Wildman–Crippen LogP) is 2.62. The summed E-state index contributed by atoms with van der Waals surface area (Å²) in [6.07, 6.45) is -0.834. The van der Waals surface area contributed by atoms with Crippen molar-refractivity contribution in [1.82, 2.24) is 5.32 Å². The van der Waals surface area contributed by atoms with Gasteiger partial charge in [0.05, 0.1) is 0 Å². The summed E-state index contributed by atoms with van der Waals surface area (Å²) in [4.78, 5) is 2.72. The van der Waals surface area contributed by atoms with Gasteiger partial charge >= 0.3 is 6.98 Å². The zero-order valence-electron chi connectivity index (χ0n) is 10.8. The van der Waals surface area contributed by atoms with Gasteiger partial charge in [0.1, 0.15) is 0 Å². The highest BCUT2D eigenvalue weighted by Crippen LogP contribution is 2.30. The summed E-state index contributed by atoms with van der Waals surface area (Å²) in [7, 11) is 0. The van der Waals surface area contributed by atoms with Crippen LogP contribution in [0.3, 0.4) is 0 Å². The molecule has 0 unspecified atom stereocenters. The first-order valence-electron chi connectivity index (χ1n) is 6.36. The second kappa shape index (κ2) is 5.67. The quantitative estimate of drug-likeness (QED) is 0.657. The summed E-state index contributed by atoms with van der Waals surface area (Å²) in [5, 5.41) is 3.23. The molecular formula is C12H17BF3N2S-. The fourth-order valence-electron chi connectivity index (χ4n) is 2.44. The first-order valence-corrected chi connectivity index (χ1v) is 6.81. The van der Waals surface area contributed by atoms with Crippen LogP contribution in [0.4, 0.5) is 18.6 Å². The van der Waals surface area contributed by atoms with Crippen LogP contribution in [-0.2, 0) is 6.32 Å². The van der Waals surface area contributed by atoms with Crippen LogP contribution >= 0.6 is 12.6 Å². The average molecular weight is 289 g/mol. The minimum Gasteiger partial charge on any atom is -0.449 e. The molecule has 0 amide bonds. The van der Waals surface area contributed by atoms with Crippen LogP contribution in [0.2, 0.25) is 0 Å². The molecular weight excluding hydrogens is 272 g/mol. The number of piperazine rings is 1. The Balaban J connectivity index is 2.33. The highest BCUT2D eigenvalue weighted by Gasteiger charge is 2.25. The number of nitrogens with zero attached hydrogens (tertiary/aromatic N) is 1. The number of halogens is 3. The third-order valence-electron chi connectivity index (χ3n) is 3.38. The molecule has 0 bridgehead atoms. The Hall–Kier alpha value is -0.815. The summed E-state index contributed by atoms with van der Waals surface area (Å²) in [6, 6.07) is 3.38. The molecule has 1 N–H and O–H groups in total. The smallest absolute Gasteiger partial charge is 0.449 e. The summed E-state index contributed by atoms with van der Waals surface area (Å²) < 4.78 is 37.9. The molecule has 0 aliphatic carbocycles. The molecule has 1 aromatic carbocycles. The number of hydrogen-bond donors (Lipinski definition) is 2. The maximum Gasteiger partial charge on any atom is 0.482 e. The number of anilines is 1. The van der Waals surface area contributed by atoms with Gasteiger partial charge in [-0.1, -0.05) is 11.9 Å². The molecule has 19 heavy (non-hydrogen) atoms. The van der Waals surface area contributed by atoms with Crippen LogP contribution in [-0.4, -0.2) is 33.2 Å². The Morgan fingerprint density at radius 1 is 1.26 bits per heavy atom. The second-order valence-electron chi connectivity index (χ2n) is 4.90. The van der Waals surface area contributed by atoms with Crippen LogP contribution in [0.25, 0.3) is 0 Å². The SMILES string of the molecule is Cc1c(C[B-](F)(F)F)cc(S)cc1N1CCNCC1. The van der Waals surface area contributed by atoms with Gasteiger partial charge in [0.25, 0.3) is 0 Å². The lowest BCUT2D eigenvalue weighted by molar-refractivity contribution is 0.468. The minimum absolute atomic E-state index is 0.341. The van der Waals surface area contributed by atoms with E-state index in [0.29, 0.717) is 10.5 Å². The average Bonchev–Trinajstić information content (AvgIpc) is 2.32. The number of nitrogens with one attached hydrogen (secondary N) is 1. The Kier molecular flexibility index (Phi) is 4.35. The summed E-state index contributed by atoms with van der Waals surface area (Å²) in [6.45, 7) is 0.287. The molecule has 0 radical (unpaired) electrons. The van der Waals surface area contributed by atoms with Crippen LogP contribution in [0.5, 0.6) is 0 Å². The third kappa shape index (κ3) is 3.83. The molecule has 1 aliphatic heterocycles. The second-order valence-corrected chi connectivity index (χ2v) is 5.42. The van der Waals surface area contributed by atoms with Crippen molar-refractivity contribution in [2.75, 3.05) is 31.1 Å². The van der Waals surface area contributed by atoms with E-state index in [-0.39, 0.29) is 0 Å². The molecule has 0 aromatic heterocycles. The standard InChI is InChI=1S/C12H17BF3N2S/c1-9-10(8-13(14,15)16)6-11(19)7-12(9)18-4-2-17-3-5-18/h6-7,17,19H,2-5,8H2,1H3/q-1. The highest BCUT2D eigenvalue weighted by atomic mass is 32.1. The fourth-order valence-corrected chi connectivity index (χ4v) is 2.71. The van der Waals surface area contributed by atoms with Crippen molar-refractivity contribution < 1.29 is 12.9 Å². The van der Waals surface area contributed by atoms with Crippen molar-refractivity contribution in [3.8, 4) is 0 Å². The van der Waals surface area contributed by atoms with Crippen molar-refractivity contribution in [3.05, 3.63) is 23.3 Å². The van der Waals surface area contributed by atoms with Crippen molar-refractivity contribution in [2.45, 2.75) is 18.1 Å². The topological polar surface area (TPSA) is 15.3 Å². The number of thiol groups is 1. The monoisotopic (exact) mass is 289 g/mol. The number of rotatable bonds is 3. The molecule has 0 saturated carbocycles. The Morgan fingerprint density at radius 2 is 1.89 bits per heavy atom. The minimum atomic E-state index is -4.82. The van der Waals surface area contributed by atoms with Crippen molar-refractivity contribution >= 4 is 25.3 Å². The zero-order chi connectivity index (χ0) is 14.0. The molecule has 1 saturated heterocycles. The number of hydrogen-bond acceptors (Lipinski definition) is 3. The third-order valence-corrected chi connectivity index (χ3v) is 3.64. The van der Waals surface area contributed by atoms with Gasteiger partial charge in [-0.05, 0) is 24.6 Å². The van der Waals surface area contributed by atoms with Crippen LogP contribution in [0, 0.1) is 6.92 Å². The van der Waals surface area contributed by atoms with E-state index in [4.69, 9.17) is 0 Å². The molecule has 7 heteroatoms. The van der Waals surface area contributed by atoms with E-state index < -0.39 is 13.3 Å². The first-order chi connectivity index (χ1) is 8.87. The van der Waals surface area contributed by atoms with Crippen LogP contribution in [0.1, 0.15) is 11.1 Å². The summed E-state index contributed by atoms with van der Waals surface area (Å²) in [5.41, 5.74) is 1.94. The van der Waals surface area contributed by atoms with Gasteiger partial charge < -0.3 is 23.2 Å². The van der Waals surface area contributed by atoms with Gasteiger partial charge in [-0.25, -0.2) is 0 Å². The van der Waals surface area contributed by atoms with Gasteiger partial charge in [-0.3, -0.25) is 0 Å². The van der Waals surface area contributed by atoms with Gasteiger partial charge in [0.15, 0.2) is 0 Å². The van der Waals surface area contributed by atoms with E-state index in [1.807, 2.05) is 6.07 Å². The molecule has 1 aromatic rings. The van der Waals surface area contributed by atoms with Crippen LogP contribution in [0.15, 0.2) is 17.0 Å². The summed E-state index contributed by atoms with van der Waals surface area (Å²) >= 11 is 4.24. The Labute approximate surface area is 116 Å². The van der Waals surface area contributed by atoms with Gasteiger partial charge in [0.2, 0.25) is 0 Å². The largest absolute Gasteiger partial charge is 0.482 e. The lowest BCUT2D eigenvalue weighted by atomic mass is 9.80. The molecule has 1 fully saturated rings. The fraction of sp³-hybridized carbons (Fsp3) is 0.500. The molecule has 1 heterocycles. The van der Waals surface area contributed by atoms with Gasteiger partial charge in [-0.2, -0.15) is 0 Å². The Bertz CT molecular complexity index is 459. The van der Waals surface area contributed by atoms with Gasteiger partial charge in [-0.15, -0.1) is 12.6 Å². The zero-order valence-corrected chi connectivity index (χ0v) is 11.7. The normalized spacial score (nSPS) is 16.8. The molecule has 0 spiro atoms. The van der Waals surface area contributed by atoms with Crippen molar-refractivity contribution in [3.63, 3.8) is 0 Å². The van der Waals surface area contributed by atoms with E-state index >= 15 is 0 Å². The Morgan fingerprint density at radius 3 is 2.47 bits per heavy atom. The van der Waals surface area contributed by atoms with E-state index in [9.17, 15) is 12.9 Å². The molecule has 106 valence electrons. The van der Waals surface area contributed by atoms with Crippen molar-refractivity contribution in [2.24, 2.45) is 0 Å². The lowest BCUT2D eigenvalue weighted by Gasteiger charge is -2.32. The number of benzene rings is 1. The first kappa shape index (κ1) is 14.6. The molecule has 2 nitrogen and oxygen atoms in total. The lowest BCUT2D eigenvalue weighted by Crippen LogP contribution is -2.43. The molecule has 0 atom stereocenters. The van der Waals surface area contributed by atoms with Gasteiger partial charge in [0, 0.05) is 36.8 Å². The molecule has 1 aliphatic rings.